The first-order valence-electron chi connectivity index (χ1n) is 6.57. The van der Waals surface area contributed by atoms with Crippen LogP contribution in [0.4, 0.5) is 0 Å². The molecule has 0 saturated carbocycles. The molecule has 0 amide bonds. The second-order valence-corrected chi connectivity index (χ2v) is 6.07. The third-order valence-corrected chi connectivity index (χ3v) is 5.03. The lowest BCUT2D eigenvalue weighted by atomic mass is 10.0. The average molecular weight is 265 g/mol. The van der Waals surface area contributed by atoms with Gasteiger partial charge in [-0.05, 0) is 43.3 Å². The number of rotatable bonds is 3. The highest BCUT2D eigenvalue weighted by Gasteiger charge is 2.26. The highest BCUT2D eigenvalue weighted by molar-refractivity contribution is 8.00. The molecule has 0 radical (unpaired) electrons. The second-order valence-electron chi connectivity index (χ2n) is 4.72. The van der Waals surface area contributed by atoms with Crippen molar-refractivity contribution < 1.29 is 9.47 Å². The topological polar surface area (TPSA) is 30.5 Å². The molecule has 0 aromatic heterocycles. The van der Waals surface area contributed by atoms with Crippen LogP contribution in [0.15, 0.2) is 18.2 Å². The third-order valence-electron chi connectivity index (χ3n) is 3.57. The summed E-state index contributed by atoms with van der Waals surface area (Å²) in [4.78, 5) is 0. The molecule has 4 heteroatoms. The highest BCUT2D eigenvalue weighted by Crippen LogP contribution is 2.39. The van der Waals surface area contributed by atoms with Crippen molar-refractivity contribution in [2.45, 2.75) is 24.1 Å². The molecule has 98 valence electrons. The molecule has 1 fully saturated rings. The first-order chi connectivity index (χ1) is 8.88. The van der Waals surface area contributed by atoms with Gasteiger partial charge in [-0.15, -0.1) is 0 Å². The van der Waals surface area contributed by atoms with Crippen LogP contribution >= 0.6 is 11.8 Å². The maximum atomic E-state index is 5.66. The second kappa shape index (κ2) is 5.41. The molecule has 1 saturated heterocycles. The maximum Gasteiger partial charge on any atom is 0.161 e. The highest BCUT2D eigenvalue weighted by atomic mass is 32.2. The molecule has 3 nitrogen and oxygen atoms in total. The summed E-state index contributed by atoms with van der Waals surface area (Å²) in [5.41, 5.74) is 1.31. The number of hydrogen-bond acceptors (Lipinski definition) is 4. The quantitative estimate of drug-likeness (QED) is 0.910. The van der Waals surface area contributed by atoms with Crippen molar-refractivity contribution in [3.8, 4) is 11.5 Å². The van der Waals surface area contributed by atoms with Crippen LogP contribution in [0, 0.1) is 0 Å². The molecule has 2 unspecified atom stereocenters. The summed E-state index contributed by atoms with van der Waals surface area (Å²) < 4.78 is 11.2. The van der Waals surface area contributed by atoms with E-state index in [4.69, 9.17) is 9.47 Å². The van der Waals surface area contributed by atoms with Crippen molar-refractivity contribution >= 4 is 11.8 Å². The van der Waals surface area contributed by atoms with Gasteiger partial charge in [-0.25, -0.2) is 0 Å². The van der Waals surface area contributed by atoms with Crippen LogP contribution < -0.4 is 14.8 Å². The number of fused-ring (bicyclic) bond motifs is 1. The Bertz CT molecular complexity index is 418. The molecule has 0 bridgehead atoms. The molecular weight excluding hydrogens is 246 g/mol. The summed E-state index contributed by atoms with van der Waals surface area (Å²) >= 11 is 2.07. The van der Waals surface area contributed by atoms with Crippen LogP contribution in [-0.4, -0.2) is 31.3 Å². The van der Waals surface area contributed by atoms with Crippen LogP contribution in [0.3, 0.4) is 0 Å². The van der Waals surface area contributed by atoms with Gasteiger partial charge in [0.05, 0.1) is 0 Å². The molecule has 1 aromatic carbocycles. The van der Waals surface area contributed by atoms with E-state index in [9.17, 15) is 0 Å². The van der Waals surface area contributed by atoms with E-state index in [0.29, 0.717) is 24.5 Å². The van der Waals surface area contributed by atoms with Gasteiger partial charge in [0.25, 0.3) is 0 Å². The minimum absolute atomic E-state index is 0.410. The number of nitrogens with one attached hydrogen (secondary N) is 1. The summed E-state index contributed by atoms with van der Waals surface area (Å²) in [7, 11) is 2.04. The van der Waals surface area contributed by atoms with Gasteiger partial charge in [0.2, 0.25) is 0 Å². The Balaban J connectivity index is 1.85. The molecular formula is C14H19NO2S. The predicted molar refractivity (Wildman–Crippen MR) is 74.7 cm³/mol. The van der Waals surface area contributed by atoms with Gasteiger partial charge in [-0.3, -0.25) is 0 Å². The van der Waals surface area contributed by atoms with Crippen LogP contribution in [-0.2, 0) is 0 Å². The minimum Gasteiger partial charge on any atom is -0.486 e. The Morgan fingerprint density at radius 2 is 2.11 bits per heavy atom. The van der Waals surface area contributed by atoms with Crippen molar-refractivity contribution in [2.24, 2.45) is 0 Å². The number of benzene rings is 1. The zero-order chi connectivity index (χ0) is 12.4. The molecule has 2 aliphatic rings. The van der Waals surface area contributed by atoms with Crippen molar-refractivity contribution in [3.05, 3.63) is 23.8 Å². The van der Waals surface area contributed by atoms with E-state index in [-0.39, 0.29) is 0 Å². The molecule has 18 heavy (non-hydrogen) atoms. The lowest BCUT2D eigenvalue weighted by Crippen LogP contribution is -2.26. The molecule has 2 aliphatic heterocycles. The van der Waals surface area contributed by atoms with Gasteiger partial charge in [0, 0.05) is 11.3 Å². The van der Waals surface area contributed by atoms with E-state index in [1.165, 1.54) is 24.2 Å². The Labute approximate surface area is 112 Å². The molecule has 0 spiro atoms. The van der Waals surface area contributed by atoms with E-state index >= 15 is 0 Å². The van der Waals surface area contributed by atoms with Gasteiger partial charge >= 0.3 is 0 Å². The van der Waals surface area contributed by atoms with Crippen LogP contribution in [0.1, 0.15) is 24.4 Å². The lowest BCUT2D eigenvalue weighted by Gasteiger charge is -2.25. The van der Waals surface area contributed by atoms with Crippen LogP contribution in [0.25, 0.3) is 0 Å². The summed E-state index contributed by atoms with van der Waals surface area (Å²) in [5.74, 6) is 3.05. The van der Waals surface area contributed by atoms with Crippen LogP contribution in [0.2, 0.25) is 0 Å². The summed E-state index contributed by atoms with van der Waals surface area (Å²) in [5, 5.41) is 4.13. The van der Waals surface area contributed by atoms with E-state index in [2.05, 4.69) is 29.2 Å². The normalized spacial score (nSPS) is 23.9. The average Bonchev–Trinajstić information content (AvgIpc) is 2.93. The standard InChI is InChI=1S/C14H19NO2S/c1-15-14(13-3-2-8-18-13)10-4-5-11-12(9-10)17-7-6-16-11/h4-5,9,13-15H,2-3,6-8H2,1H3. The van der Waals surface area contributed by atoms with Gasteiger partial charge in [0.15, 0.2) is 11.5 Å². The van der Waals surface area contributed by atoms with Crippen molar-refractivity contribution in [2.75, 3.05) is 26.0 Å². The minimum atomic E-state index is 0.410. The first-order valence-corrected chi connectivity index (χ1v) is 7.62. The molecule has 1 aromatic rings. The zero-order valence-electron chi connectivity index (χ0n) is 10.6. The fourth-order valence-corrected chi connectivity index (χ4v) is 4.14. The van der Waals surface area contributed by atoms with Crippen molar-refractivity contribution in [3.63, 3.8) is 0 Å². The van der Waals surface area contributed by atoms with E-state index < -0.39 is 0 Å². The van der Waals surface area contributed by atoms with Crippen molar-refractivity contribution in [1.82, 2.24) is 5.32 Å². The van der Waals surface area contributed by atoms with Gasteiger partial charge in [-0.1, -0.05) is 6.07 Å². The van der Waals surface area contributed by atoms with E-state index in [0.717, 1.165) is 11.5 Å². The molecule has 3 rings (SSSR count). The summed E-state index contributed by atoms with van der Waals surface area (Å²) in [6, 6.07) is 6.74. The smallest absolute Gasteiger partial charge is 0.161 e. The van der Waals surface area contributed by atoms with E-state index in [1.807, 2.05) is 13.1 Å². The Kier molecular flexibility index (Phi) is 3.66. The van der Waals surface area contributed by atoms with E-state index in [1.54, 1.807) is 0 Å². The summed E-state index contributed by atoms with van der Waals surface area (Å²) in [6.45, 7) is 1.30. The Hall–Kier alpha value is -0.870. The van der Waals surface area contributed by atoms with Gasteiger partial charge in [-0.2, -0.15) is 11.8 Å². The molecule has 0 aliphatic carbocycles. The largest absolute Gasteiger partial charge is 0.486 e. The van der Waals surface area contributed by atoms with Crippen molar-refractivity contribution in [1.29, 1.82) is 0 Å². The Morgan fingerprint density at radius 3 is 2.83 bits per heavy atom. The fourth-order valence-electron chi connectivity index (χ4n) is 2.69. The molecule has 2 heterocycles. The number of thioether (sulfide) groups is 1. The third kappa shape index (κ3) is 2.31. The van der Waals surface area contributed by atoms with Gasteiger partial charge in [0.1, 0.15) is 13.2 Å². The van der Waals surface area contributed by atoms with Gasteiger partial charge < -0.3 is 14.8 Å². The first kappa shape index (κ1) is 12.2. The molecule has 2 atom stereocenters. The number of ether oxygens (including phenoxy) is 2. The predicted octanol–water partition coefficient (Wildman–Crippen LogP) is 2.61. The fraction of sp³-hybridized carbons (Fsp3) is 0.571. The monoisotopic (exact) mass is 265 g/mol. The SMILES string of the molecule is CNC(c1ccc2c(c1)OCCO2)C1CCCS1. The Morgan fingerprint density at radius 1 is 1.28 bits per heavy atom. The maximum absolute atomic E-state index is 5.66. The lowest BCUT2D eigenvalue weighted by molar-refractivity contribution is 0.171. The zero-order valence-corrected chi connectivity index (χ0v) is 11.5. The summed E-state index contributed by atoms with van der Waals surface area (Å²) in [6.07, 6.45) is 2.63. The van der Waals surface area contributed by atoms with Crippen LogP contribution in [0.5, 0.6) is 11.5 Å². The number of hydrogen-bond donors (Lipinski definition) is 1. The molecule has 1 N–H and O–H groups in total.